The number of para-hydroxylation sites is 1. The number of carbonyl (C=O) groups is 2. The van der Waals surface area contributed by atoms with Gasteiger partial charge < -0.3 is 14.6 Å². The minimum absolute atomic E-state index is 0.0173. The van der Waals surface area contributed by atoms with E-state index in [9.17, 15) is 9.59 Å². The number of ketones is 1. The maximum absolute atomic E-state index is 12.8. The standard InChI is InChI=1S/C25H23NO5S/c1-30-23-12-10-19(14-20(23)16-32-17-25(28)29)22(27)11-9-18-6-2-3-8-24(18)31-15-21-7-4-5-13-26-21/h2-14H,15-17H2,1H3,(H,28,29)/b11-9+. The van der Waals surface area contributed by atoms with Crippen LogP contribution in [-0.4, -0.2) is 34.7 Å². The number of pyridine rings is 1. The Labute approximate surface area is 190 Å². The molecular weight excluding hydrogens is 426 g/mol. The van der Waals surface area contributed by atoms with E-state index in [0.717, 1.165) is 16.8 Å². The first-order chi connectivity index (χ1) is 15.6. The first-order valence-corrected chi connectivity index (χ1v) is 11.0. The van der Waals surface area contributed by atoms with Gasteiger partial charge in [-0.3, -0.25) is 14.6 Å². The van der Waals surface area contributed by atoms with Crippen LogP contribution in [0, 0.1) is 0 Å². The molecule has 0 radical (unpaired) electrons. The lowest BCUT2D eigenvalue weighted by molar-refractivity contribution is -0.133. The van der Waals surface area contributed by atoms with Crippen molar-refractivity contribution in [1.29, 1.82) is 0 Å². The molecule has 0 atom stereocenters. The van der Waals surface area contributed by atoms with Gasteiger partial charge in [0.1, 0.15) is 18.1 Å². The molecule has 0 saturated heterocycles. The number of ether oxygens (including phenoxy) is 2. The first kappa shape index (κ1) is 23.1. The van der Waals surface area contributed by atoms with Crippen LogP contribution in [0.2, 0.25) is 0 Å². The van der Waals surface area contributed by atoms with Crippen LogP contribution in [0.4, 0.5) is 0 Å². The van der Waals surface area contributed by atoms with Crippen molar-refractivity contribution < 1.29 is 24.2 Å². The second-order valence-electron chi connectivity index (χ2n) is 6.76. The minimum Gasteiger partial charge on any atom is -0.496 e. The van der Waals surface area contributed by atoms with Gasteiger partial charge >= 0.3 is 5.97 Å². The number of allylic oxidation sites excluding steroid dienone is 1. The van der Waals surface area contributed by atoms with Crippen LogP contribution in [0.25, 0.3) is 6.08 Å². The third-order valence-corrected chi connectivity index (χ3v) is 5.45. The Hall–Kier alpha value is -3.58. The summed E-state index contributed by atoms with van der Waals surface area (Å²) in [7, 11) is 1.55. The largest absolute Gasteiger partial charge is 0.496 e. The minimum atomic E-state index is -0.881. The molecule has 0 spiro atoms. The summed E-state index contributed by atoms with van der Waals surface area (Å²) in [5, 5.41) is 8.84. The lowest BCUT2D eigenvalue weighted by Crippen LogP contribution is -2.01. The van der Waals surface area contributed by atoms with Crippen molar-refractivity contribution in [1.82, 2.24) is 4.98 Å². The van der Waals surface area contributed by atoms with Gasteiger partial charge in [-0.2, -0.15) is 0 Å². The third kappa shape index (κ3) is 6.72. The second-order valence-corrected chi connectivity index (χ2v) is 7.74. The average Bonchev–Trinajstić information content (AvgIpc) is 2.82. The number of carboxylic acids is 1. The molecule has 32 heavy (non-hydrogen) atoms. The van der Waals surface area contributed by atoms with Crippen LogP contribution >= 0.6 is 11.8 Å². The molecular formula is C25H23NO5S. The molecule has 0 fully saturated rings. The van der Waals surface area contributed by atoms with E-state index in [0.29, 0.717) is 29.4 Å². The number of rotatable bonds is 11. The number of thioether (sulfide) groups is 1. The maximum atomic E-state index is 12.8. The molecule has 1 aromatic heterocycles. The van der Waals surface area contributed by atoms with Crippen molar-refractivity contribution in [3.8, 4) is 11.5 Å². The lowest BCUT2D eigenvalue weighted by atomic mass is 10.1. The van der Waals surface area contributed by atoms with E-state index in [4.69, 9.17) is 14.6 Å². The van der Waals surface area contributed by atoms with Gasteiger partial charge in [-0.25, -0.2) is 0 Å². The molecule has 0 unspecified atom stereocenters. The normalized spacial score (nSPS) is 10.8. The molecule has 0 aliphatic rings. The fourth-order valence-corrected chi connectivity index (χ4v) is 3.66. The fourth-order valence-electron chi connectivity index (χ4n) is 2.94. The Kier molecular flexibility index (Phi) is 8.45. The van der Waals surface area contributed by atoms with Gasteiger partial charge in [-0.05, 0) is 48.6 Å². The highest BCUT2D eigenvalue weighted by atomic mass is 32.2. The quantitative estimate of drug-likeness (QED) is 0.330. The molecule has 1 heterocycles. The summed E-state index contributed by atoms with van der Waals surface area (Å²) in [6.07, 6.45) is 4.94. The molecule has 7 heteroatoms. The number of nitrogens with zero attached hydrogens (tertiary/aromatic N) is 1. The van der Waals surface area contributed by atoms with Gasteiger partial charge in [0.05, 0.1) is 18.6 Å². The highest BCUT2D eigenvalue weighted by Crippen LogP contribution is 2.26. The summed E-state index contributed by atoms with van der Waals surface area (Å²) >= 11 is 1.25. The smallest absolute Gasteiger partial charge is 0.313 e. The SMILES string of the molecule is COc1ccc(C(=O)/C=C/c2ccccc2OCc2ccccn2)cc1CSCC(=O)O. The molecule has 0 aliphatic heterocycles. The van der Waals surface area contributed by atoms with Crippen LogP contribution in [0.15, 0.2) is 72.9 Å². The molecule has 1 N–H and O–H groups in total. The highest BCUT2D eigenvalue weighted by molar-refractivity contribution is 7.99. The summed E-state index contributed by atoms with van der Waals surface area (Å²) < 4.78 is 11.2. The molecule has 6 nitrogen and oxygen atoms in total. The number of methoxy groups -OCH3 is 1. The van der Waals surface area contributed by atoms with Crippen LogP contribution in [0.1, 0.15) is 27.2 Å². The monoisotopic (exact) mass is 449 g/mol. The molecule has 0 bridgehead atoms. The molecule has 0 saturated carbocycles. The zero-order valence-electron chi connectivity index (χ0n) is 17.6. The molecule has 3 aromatic rings. The van der Waals surface area contributed by atoms with Crippen molar-refractivity contribution in [3.63, 3.8) is 0 Å². The first-order valence-electron chi connectivity index (χ1n) is 9.87. The van der Waals surface area contributed by atoms with E-state index in [-0.39, 0.29) is 11.5 Å². The van der Waals surface area contributed by atoms with Crippen LogP contribution in [0.3, 0.4) is 0 Å². The molecule has 2 aromatic carbocycles. The Balaban J connectivity index is 1.71. The van der Waals surface area contributed by atoms with E-state index in [1.165, 1.54) is 17.8 Å². The van der Waals surface area contributed by atoms with E-state index >= 15 is 0 Å². The summed E-state index contributed by atoms with van der Waals surface area (Å²) in [4.78, 5) is 27.8. The number of carboxylic acid groups (broad SMARTS) is 1. The Morgan fingerprint density at radius 2 is 1.88 bits per heavy atom. The van der Waals surface area contributed by atoms with Gasteiger partial charge in [0.15, 0.2) is 5.78 Å². The average molecular weight is 450 g/mol. The summed E-state index contributed by atoms with van der Waals surface area (Å²) in [5.41, 5.74) is 2.87. The van der Waals surface area contributed by atoms with Gasteiger partial charge in [-0.1, -0.05) is 24.3 Å². The van der Waals surface area contributed by atoms with E-state index in [2.05, 4.69) is 4.98 Å². The summed E-state index contributed by atoms with van der Waals surface area (Å²) in [6.45, 7) is 0.329. The van der Waals surface area contributed by atoms with Crippen LogP contribution in [0.5, 0.6) is 11.5 Å². The predicted octanol–water partition coefficient (Wildman–Crippen LogP) is 4.88. The fraction of sp³-hybridized carbons (Fsp3) is 0.160. The molecule has 0 amide bonds. The Morgan fingerprint density at radius 1 is 1.06 bits per heavy atom. The third-order valence-electron chi connectivity index (χ3n) is 4.48. The van der Waals surface area contributed by atoms with E-state index < -0.39 is 5.97 Å². The molecule has 164 valence electrons. The van der Waals surface area contributed by atoms with Gasteiger partial charge in [0.2, 0.25) is 0 Å². The maximum Gasteiger partial charge on any atom is 0.313 e. The molecule has 0 aliphatic carbocycles. The second kappa shape index (κ2) is 11.7. The van der Waals surface area contributed by atoms with Crippen LogP contribution in [-0.2, 0) is 17.2 Å². The number of hydrogen-bond acceptors (Lipinski definition) is 6. The van der Waals surface area contributed by atoms with E-state index in [1.807, 2.05) is 42.5 Å². The van der Waals surface area contributed by atoms with Gasteiger partial charge in [-0.15, -0.1) is 11.8 Å². The topological polar surface area (TPSA) is 85.7 Å². The molecule has 3 rings (SSSR count). The number of benzene rings is 2. The Morgan fingerprint density at radius 3 is 2.62 bits per heavy atom. The zero-order chi connectivity index (χ0) is 22.8. The summed E-state index contributed by atoms with van der Waals surface area (Å²) in [6, 6.07) is 18.3. The van der Waals surface area contributed by atoms with Crippen molar-refractivity contribution in [2.45, 2.75) is 12.4 Å². The van der Waals surface area contributed by atoms with Crippen molar-refractivity contribution in [2.24, 2.45) is 0 Å². The van der Waals surface area contributed by atoms with Gasteiger partial charge in [0.25, 0.3) is 0 Å². The Bertz CT molecular complexity index is 1100. The highest BCUT2D eigenvalue weighted by Gasteiger charge is 2.10. The van der Waals surface area contributed by atoms with Crippen LogP contribution < -0.4 is 9.47 Å². The predicted molar refractivity (Wildman–Crippen MR) is 125 cm³/mol. The number of carbonyl (C=O) groups excluding carboxylic acids is 1. The number of aliphatic carboxylic acids is 1. The van der Waals surface area contributed by atoms with Crippen molar-refractivity contribution in [2.75, 3.05) is 12.9 Å². The number of hydrogen-bond donors (Lipinski definition) is 1. The van der Waals surface area contributed by atoms with Crippen molar-refractivity contribution >= 4 is 29.6 Å². The van der Waals surface area contributed by atoms with E-state index in [1.54, 1.807) is 37.6 Å². The number of aromatic nitrogens is 1. The van der Waals surface area contributed by atoms with Crippen molar-refractivity contribution in [3.05, 3.63) is 95.3 Å². The summed E-state index contributed by atoms with van der Waals surface area (Å²) in [5.74, 6) is 0.644. The van der Waals surface area contributed by atoms with Gasteiger partial charge in [0, 0.05) is 28.6 Å². The zero-order valence-corrected chi connectivity index (χ0v) is 18.4. The lowest BCUT2D eigenvalue weighted by Gasteiger charge is -2.10.